The molecule has 1 aromatic rings. The van der Waals surface area contributed by atoms with E-state index < -0.39 is 5.97 Å². The number of carbonyl (C=O) groups is 1. The van der Waals surface area contributed by atoms with Crippen LogP contribution in [0.1, 0.15) is 12.5 Å². The van der Waals surface area contributed by atoms with Crippen molar-refractivity contribution in [1.29, 1.82) is 0 Å². The van der Waals surface area contributed by atoms with Crippen LogP contribution in [-0.4, -0.2) is 18.2 Å². The standard InChI is InChI=1S/C11H12O3/c1-3-8(11(13)14-2)9-6-4-5-7-10(9)12/h3-7,12H,1-2H3/b8-3+. The number of ether oxygens (including phenoxy) is 1. The molecule has 0 radical (unpaired) electrons. The highest BCUT2D eigenvalue weighted by Gasteiger charge is 2.13. The number of phenolic OH excluding ortho intramolecular Hbond substituents is 1. The first-order valence-corrected chi connectivity index (χ1v) is 4.23. The molecule has 0 bridgehead atoms. The van der Waals surface area contributed by atoms with Crippen LogP contribution in [0.15, 0.2) is 30.3 Å². The number of carbonyl (C=O) groups excluding carboxylic acids is 1. The number of para-hydroxylation sites is 1. The molecule has 14 heavy (non-hydrogen) atoms. The minimum Gasteiger partial charge on any atom is -0.507 e. The summed E-state index contributed by atoms with van der Waals surface area (Å²) >= 11 is 0. The molecule has 0 amide bonds. The topological polar surface area (TPSA) is 46.5 Å². The maximum absolute atomic E-state index is 11.3. The molecule has 3 heteroatoms. The van der Waals surface area contributed by atoms with Crippen LogP contribution in [0, 0.1) is 0 Å². The van der Waals surface area contributed by atoms with Crippen molar-refractivity contribution in [3.63, 3.8) is 0 Å². The number of benzene rings is 1. The lowest BCUT2D eigenvalue weighted by Gasteiger charge is -2.06. The summed E-state index contributed by atoms with van der Waals surface area (Å²) in [5.41, 5.74) is 0.854. The first-order chi connectivity index (χ1) is 6.70. The third-order valence-electron chi connectivity index (χ3n) is 1.89. The molecule has 0 heterocycles. The summed E-state index contributed by atoms with van der Waals surface area (Å²) < 4.78 is 4.59. The minimum absolute atomic E-state index is 0.0750. The Morgan fingerprint density at radius 3 is 2.57 bits per heavy atom. The van der Waals surface area contributed by atoms with Crippen molar-refractivity contribution < 1.29 is 14.6 Å². The minimum atomic E-state index is -0.450. The number of methoxy groups -OCH3 is 1. The first-order valence-electron chi connectivity index (χ1n) is 4.23. The molecule has 0 aromatic heterocycles. The fourth-order valence-corrected chi connectivity index (χ4v) is 1.19. The van der Waals surface area contributed by atoms with Crippen molar-refractivity contribution in [1.82, 2.24) is 0 Å². The molecule has 0 aliphatic rings. The van der Waals surface area contributed by atoms with E-state index in [-0.39, 0.29) is 5.75 Å². The van der Waals surface area contributed by atoms with E-state index in [9.17, 15) is 9.90 Å². The highest BCUT2D eigenvalue weighted by molar-refractivity contribution is 6.17. The molecule has 0 fully saturated rings. The summed E-state index contributed by atoms with van der Waals surface area (Å²) in [5.74, 6) is -0.375. The molecule has 0 aliphatic carbocycles. The predicted molar refractivity (Wildman–Crippen MR) is 53.8 cm³/mol. The van der Waals surface area contributed by atoms with Gasteiger partial charge in [-0.1, -0.05) is 24.3 Å². The molecule has 0 atom stereocenters. The second-order valence-electron chi connectivity index (χ2n) is 2.71. The fourth-order valence-electron chi connectivity index (χ4n) is 1.19. The Morgan fingerprint density at radius 1 is 1.43 bits per heavy atom. The Bertz CT molecular complexity index is 367. The normalized spacial score (nSPS) is 11.1. The van der Waals surface area contributed by atoms with E-state index in [1.165, 1.54) is 13.2 Å². The summed E-state index contributed by atoms with van der Waals surface area (Å²) in [4.78, 5) is 11.3. The molecule has 3 nitrogen and oxygen atoms in total. The van der Waals surface area contributed by atoms with E-state index in [2.05, 4.69) is 4.74 Å². The monoisotopic (exact) mass is 192 g/mol. The van der Waals surface area contributed by atoms with Crippen molar-refractivity contribution in [3.05, 3.63) is 35.9 Å². The number of rotatable bonds is 2. The van der Waals surface area contributed by atoms with Crippen LogP contribution < -0.4 is 0 Å². The Kier molecular flexibility index (Phi) is 3.29. The van der Waals surface area contributed by atoms with Gasteiger partial charge in [-0.3, -0.25) is 0 Å². The largest absolute Gasteiger partial charge is 0.507 e. The highest BCUT2D eigenvalue weighted by atomic mass is 16.5. The quantitative estimate of drug-likeness (QED) is 0.575. The lowest BCUT2D eigenvalue weighted by molar-refractivity contribution is -0.133. The lowest BCUT2D eigenvalue weighted by atomic mass is 10.1. The van der Waals surface area contributed by atoms with Gasteiger partial charge in [-0.2, -0.15) is 0 Å². The van der Waals surface area contributed by atoms with Gasteiger partial charge in [0.1, 0.15) is 5.75 Å². The van der Waals surface area contributed by atoms with Crippen LogP contribution in [0.2, 0.25) is 0 Å². The van der Waals surface area contributed by atoms with Gasteiger partial charge in [-0.15, -0.1) is 0 Å². The molecule has 0 spiro atoms. The van der Waals surface area contributed by atoms with Crippen molar-refractivity contribution in [2.45, 2.75) is 6.92 Å². The Labute approximate surface area is 82.6 Å². The van der Waals surface area contributed by atoms with Crippen LogP contribution in [0.3, 0.4) is 0 Å². The smallest absolute Gasteiger partial charge is 0.338 e. The number of hydrogen-bond donors (Lipinski definition) is 1. The van der Waals surface area contributed by atoms with Crippen LogP contribution in [0.25, 0.3) is 5.57 Å². The van der Waals surface area contributed by atoms with Crippen molar-refractivity contribution in [2.24, 2.45) is 0 Å². The van der Waals surface area contributed by atoms with Gasteiger partial charge < -0.3 is 9.84 Å². The summed E-state index contributed by atoms with van der Waals surface area (Å²) in [7, 11) is 1.31. The van der Waals surface area contributed by atoms with E-state index in [1.807, 2.05) is 0 Å². The van der Waals surface area contributed by atoms with Gasteiger partial charge in [-0.25, -0.2) is 4.79 Å². The van der Waals surface area contributed by atoms with Gasteiger partial charge in [0.15, 0.2) is 0 Å². The zero-order valence-electron chi connectivity index (χ0n) is 8.15. The molecule has 74 valence electrons. The molecular formula is C11H12O3. The molecular weight excluding hydrogens is 180 g/mol. The molecule has 1 rings (SSSR count). The van der Waals surface area contributed by atoms with Crippen LogP contribution in [0.5, 0.6) is 5.75 Å². The van der Waals surface area contributed by atoms with Gasteiger partial charge in [0.2, 0.25) is 0 Å². The summed E-state index contributed by atoms with van der Waals surface area (Å²) in [5, 5.41) is 9.51. The van der Waals surface area contributed by atoms with Crippen molar-refractivity contribution in [2.75, 3.05) is 7.11 Å². The molecule has 0 unspecified atom stereocenters. The van der Waals surface area contributed by atoms with Gasteiger partial charge in [-0.05, 0) is 13.0 Å². The van der Waals surface area contributed by atoms with E-state index in [0.717, 1.165) is 0 Å². The number of esters is 1. The van der Waals surface area contributed by atoms with Crippen molar-refractivity contribution in [3.8, 4) is 5.75 Å². The fraction of sp³-hybridized carbons (Fsp3) is 0.182. The van der Waals surface area contributed by atoms with Gasteiger partial charge in [0, 0.05) is 5.56 Å². The van der Waals surface area contributed by atoms with Crippen LogP contribution in [-0.2, 0) is 9.53 Å². The zero-order chi connectivity index (χ0) is 10.6. The third-order valence-corrected chi connectivity index (χ3v) is 1.89. The third kappa shape index (κ3) is 1.93. The first kappa shape index (κ1) is 10.3. The zero-order valence-corrected chi connectivity index (χ0v) is 8.15. The average molecular weight is 192 g/mol. The maximum atomic E-state index is 11.3. The Balaban J connectivity index is 3.15. The van der Waals surface area contributed by atoms with E-state index in [4.69, 9.17) is 0 Å². The molecule has 0 aliphatic heterocycles. The van der Waals surface area contributed by atoms with Crippen molar-refractivity contribution >= 4 is 11.5 Å². The second-order valence-corrected chi connectivity index (χ2v) is 2.71. The number of phenols is 1. The maximum Gasteiger partial charge on any atom is 0.338 e. The van der Waals surface area contributed by atoms with E-state index in [1.54, 1.807) is 31.2 Å². The summed E-state index contributed by atoms with van der Waals surface area (Å²) in [6.07, 6.45) is 1.61. The van der Waals surface area contributed by atoms with Gasteiger partial charge >= 0.3 is 5.97 Å². The molecule has 1 aromatic carbocycles. The van der Waals surface area contributed by atoms with Gasteiger partial charge in [0.25, 0.3) is 0 Å². The van der Waals surface area contributed by atoms with Crippen LogP contribution >= 0.6 is 0 Å². The summed E-state index contributed by atoms with van der Waals surface area (Å²) in [6.45, 7) is 1.72. The number of hydrogen-bond acceptors (Lipinski definition) is 3. The average Bonchev–Trinajstić information content (AvgIpc) is 2.21. The molecule has 0 saturated carbocycles. The second kappa shape index (κ2) is 4.46. The lowest BCUT2D eigenvalue weighted by Crippen LogP contribution is -2.03. The SMILES string of the molecule is C/C=C(/C(=O)OC)c1ccccc1O. The van der Waals surface area contributed by atoms with Gasteiger partial charge in [0.05, 0.1) is 12.7 Å². The van der Waals surface area contributed by atoms with E-state index in [0.29, 0.717) is 11.1 Å². The van der Waals surface area contributed by atoms with Crippen LogP contribution in [0.4, 0.5) is 0 Å². The molecule has 1 N–H and O–H groups in total. The predicted octanol–water partition coefficient (Wildman–Crippen LogP) is 1.97. The Hall–Kier alpha value is -1.77. The molecule has 0 saturated heterocycles. The Morgan fingerprint density at radius 2 is 2.07 bits per heavy atom. The number of allylic oxidation sites excluding steroid dienone is 1. The summed E-state index contributed by atoms with van der Waals surface area (Å²) in [6, 6.07) is 6.65. The van der Waals surface area contributed by atoms with E-state index >= 15 is 0 Å². The number of aromatic hydroxyl groups is 1. The highest BCUT2D eigenvalue weighted by Crippen LogP contribution is 2.25.